The van der Waals surface area contributed by atoms with Crippen LogP contribution in [0.1, 0.15) is 49.3 Å². The van der Waals surface area contributed by atoms with Crippen LogP contribution in [-0.4, -0.2) is 42.1 Å². The van der Waals surface area contributed by atoms with E-state index in [2.05, 4.69) is 27.0 Å². The van der Waals surface area contributed by atoms with Crippen LogP contribution in [0.3, 0.4) is 0 Å². The topological polar surface area (TPSA) is 68.3 Å². The van der Waals surface area contributed by atoms with Gasteiger partial charge in [0.15, 0.2) is 11.0 Å². The molecule has 0 amide bonds. The molecule has 0 spiro atoms. The molecule has 0 aliphatic carbocycles. The lowest BCUT2D eigenvalue weighted by atomic mass is 10.1. The third kappa shape index (κ3) is 4.63. The maximum Gasteiger partial charge on any atom is 0.258 e. The number of benzene rings is 1. The molecule has 176 valence electrons. The number of nitrogens with zero attached hydrogens (tertiary/aromatic N) is 6. The quantitative estimate of drug-likeness (QED) is 0.379. The molecule has 34 heavy (non-hydrogen) atoms. The highest BCUT2D eigenvalue weighted by Crippen LogP contribution is 2.30. The van der Waals surface area contributed by atoms with Gasteiger partial charge in [-0.1, -0.05) is 24.2 Å². The van der Waals surface area contributed by atoms with Gasteiger partial charge in [0.05, 0.1) is 11.7 Å². The predicted molar refractivity (Wildman–Crippen MR) is 131 cm³/mol. The molecule has 0 N–H and O–H groups in total. The Morgan fingerprint density at radius 3 is 2.59 bits per heavy atom. The summed E-state index contributed by atoms with van der Waals surface area (Å²) < 4.78 is 17.2. The lowest BCUT2D eigenvalue weighted by Crippen LogP contribution is -2.33. The normalized spacial score (nSPS) is 15.6. The van der Waals surface area contributed by atoms with Crippen LogP contribution < -0.4 is 5.56 Å². The van der Waals surface area contributed by atoms with E-state index in [-0.39, 0.29) is 17.4 Å². The summed E-state index contributed by atoms with van der Waals surface area (Å²) in [4.78, 5) is 19.7. The Morgan fingerprint density at radius 2 is 1.82 bits per heavy atom. The van der Waals surface area contributed by atoms with Crippen LogP contribution in [0.15, 0.2) is 58.6 Å². The van der Waals surface area contributed by atoms with Crippen molar-refractivity contribution in [2.45, 2.75) is 50.1 Å². The van der Waals surface area contributed by atoms with E-state index >= 15 is 0 Å². The molecule has 9 heteroatoms. The number of piperidine rings is 1. The second-order valence-electron chi connectivity index (χ2n) is 8.73. The van der Waals surface area contributed by atoms with Crippen molar-refractivity contribution in [1.29, 1.82) is 0 Å². The molecule has 0 radical (unpaired) electrons. The molecule has 4 aromatic rings. The molecule has 5 rings (SSSR count). The zero-order valence-electron chi connectivity index (χ0n) is 19.3. The number of likely N-dealkylation sites (tertiary alicyclic amines) is 1. The van der Waals surface area contributed by atoms with E-state index in [1.165, 1.54) is 43.2 Å². The Hall–Kier alpha value is -3.04. The number of hydrogen-bond donors (Lipinski definition) is 0. The van der Waals surface area contributed by atoms with Gasteiger partial charge in [0.25, 0.3) is 5.56 Å². The van der Waals surface area contributed by atoms with Gasteiger partial charge in [-0.25, -0.2) is 9.37 Å². The summed E-state index contributed by atoms with van der Waals surface area (Å²) in [5.74, 6) is 1.02. The van der Waals surface area contributed by atoms with E-state index in [1.54, 1.807) is 28.8 Å². The SMILES string of the molecule is Cc1ccc2nc(CSc3nnc([C@H](C)N4CCCCC4)n3-c3ccc(F)cc3)cc(=O)n2c1. The lowest BCUT2D eigenvalue weighted by Gasteiger charge is -2.31. The van der Waals surface area contributed by atoms with Crippen molar-refractivity contribution in [3.8, 4) is 5.69 Å². The Kier molecular flexibility index (Phi) is 6.47. The van der Waals surface area contributed by atoms with Gasteiger partial charge in [-0.2, -0.15) is 0 Å². The second kappa shape index (κ2) is 9.68. The minimum absolute atomic E-state index is 0.0823. The average molecular weight is 479 g/mol. The molecule has 7 nitrogen and oxygen atoms in total. The fourth-order valence-electron chi connectivity index (χ4n) is 4.42. The maximum absolute atomic E-state index is 13.6. The van der Waals surface area contributed by atoms with Crippen molar-refractivity contribution in [2.75, 3.05) is 13.1 Å². The van der Waals surface area contributed by atoms with E-state index in [0.29, 0.717) is 22.3 Å². The number of pyridine rings is 1. The van der Waals surface area contributed by atoms with Crippen LogP contribution in [0.5, 0.6) is 0 Å². The van der Waals surface area contributed by atoms with Gasteiger partial charge in [-0.15, -0.1) is 10.2 Å². The van der Waals surface area contributed by atoms with Crippen LogP contribution in [-0.2, 0) is 5.75 Å². The predicted octanol–water partition coefficient (Wildman–Crippen LogP) is 4.56. The first-order valence-electron chi connectivity index (χ1n) is 11.6. The summed E-state index contributed by atoms with van der Waals surface area (Å²) in [5.41, 5.74) is 3.01. The van der Waals surface area contributed by atoms with Gasteiger partial charge in [-0.05, 0) is 75.7 Å². The fourth-order valence-corrected chi connectivity index (χ4v) is 5.27. The first kappa shape index (κ1) is 22.7. The molecule has 1 atom stereocenters. The van der Waals surface area contributed by atoms with Gasteiger partial charge in [0.2, 0.25) is 0 Å². The van der Waals surface area contributed by atoms with Gasteiger partial charge in [-0.3, -0.25) is 18.7 Å². The number of thioether (sulfide) groups is 1. The van der Waals surface area contributed by atoms with E-state index < -0.39 is 0 Å². The zero-order chi connectivity index (χ0) is 23.7. The number of rotatable bonds is 6. The Labute approximate surface area is 201 Å². The molecule has 1 aromatic carbocycles. The molecule has 1 saturated heterocycles. The Bertz CT molecular complexity index is 1360. The van der Waals surface area contributed by atoms with E-state index in [1.807, 2.05) is 23.6 Å². The van der Waals surface area contributed by atoms with Crippen molar-refractivity contribution in [3.05, 3.63) is 81.9 Å². The molecular formula is C25H27FN6OS. The van der Waals surface area contributed by atoms with E-state index in [9.17, 15) is 9.18 Å². The van der Waals surface area contributed by atoms with Crippen LogP contribution >= 0.6 is 11.8 Å². The van der Waals surface area contributed by atoms with Crippen molar-refractivity contribution < 1.29 is 4.39 Å². The molecule has 1 aliphatic rings. The number of fused-ring (bicyclic) bond motifs is 1. The smallest absolute Gasteiger partial charge is 0.258 e. The Morgan fingerprint density at radius 1 is 1.06 bits per heavy atom. The molecule has 3 aromatic heterocycles. The first-order valence-corrected chi connectivity index (χ1v) is 12.6. The van der Waals surface area contributed by atoms with Gasteiger partial charge >= 0.3 is 0 Å². The van der Waals surface area contributed by atoms with Crippen LogP contribution in [0, 0.1) is 12.7 Å². The van der Waals surface area contributed by atoms with E-state index in [4.69, 9.17) is 0 Å². The number of halogens is 1. The summed E-state index contributed by atoms with van der Waals surface area (Å²) in [6.45, 7) is 6.16. The summed E-state index contributed by atoms with van der Waals surface area (Å²) in [6, 6.07) is 11.8. The molecule has 0 saturated carbocycles. The minimum atomic E-state index is -0.285. The Balaban J connectivity index is 1.47. The zero-order valence-corrected chi connectivity index (χ0v) is 20.1. The highest BCUT2D eigenvalue weighted by atomic mass is 32.2. The third-order valence-corrected chi connectivity index (χ3v) is 7.23. The summed E-state index contributed by atoms with van der Waals surface area (Å²) in [6.07, 6.45) is 5.41. The summed E-state index contributed by atoms with van der Waals surface area (Å²) >= 11 is 1.47. The van der Waals surface area contributed by atoms with Gasteiger partial charge in [0.1, 0.15) is 11.5 Å². The third-order valence-electron chi connectivity index (χ3n) is 6.26. The number of hydrogen-bond acceptors (Lipinski definition) is 6. The van der Waals surface area contributed by atoms with Crippen molar-refractivity contribution in [1.82, 2.24) is 29.0 Å². The van der Waals surface area contributed by atoms with Crippen LogP contribution in [0.4, 0.5) is 4.39 Å². The van der Waals surface area contributed by atoms with Crippen LogP contribution in [0.2, 0.25) is 0 Å². The first-order chi connectivity index (χ1) is 16.5. The second-order valence-corrected chi connectivity index (χ2v) is 9.68. The minimum Gasteiger partial charge on any atom is -0.294 e. The van der Waals surface area contributed by atoms with Crippen molar-refractivity contribution >= 4 is 17.4 Å². The number of aromatic nitrogens is 5. The molecule has 0 unspecified atom stereocenters. The average Bonchev–Trinajstić information content (AvgIpc) is 3.27. The molecule has 0 bridgehead atoms. The molecule has 1 aliphatic heterocycles. The maximum atomic E-state index is 13.6. The van der Waals surface area contributed by atoms with Crippen molar-refractivity contribution in [3.63, 3.8) is 0 Å². The number of aryl methyl sites for hydroxylation is 1. The van der Waals surface area contributed by atoms with Crippen LogP contribution in [0.25, 0.3) is 11.3 Å². The fraction of sp³-hybridized carbons (Fsp3) is 0.360. The summed E-state index contributed by atoms with van der Waals surface area (Å²) in [7, 11) is 0. The monoisotopic (exact) mass is 478 g/mol. The summed E-state index contributed by atoms with van der Waals surface area (Å²) in [5, 5.41) is 9.73. The van der Waals surface area contributed by atoms with Gasteiger partial charge in [0, 0.05) is 23.7 Å². The largest absolute Gasteiger partial charge is 0.294 e. The molecule has 4 heterocycles. The van der Waals surface area contributed by atoms with Gasteiger partial charge < -0.3 is 0 Å². The molecular weight excluding hydrogens is 451 g/mol. The highest BCUT2D eigenvalue weighted by molar-refractivity contribution is 7.98. The van der Waals surface area contributed by atoms with E-state index in [0.717, 1.165) is 30.2 Å². The standard InChI is InChI=1S/C25H27FN6OS/c1-17-6-11-22-27-20(14-23(33)31(22)15-17)16-34-25-29-28-24(18(2)30-12-4-3-5-13-30)32(25)21-9-7-19(26)8-10-21/h6-11,14-15,18H,3-5,12-13,16H2,1-2H3/t18-/m0/s1. The lowest BCUT2D eigenvalue weighted by molar-refractivity contribution is 0.167. The molecule has 1 fully saturated rings. The highest BCUT2D eigenvalue weighted by Gasteiger charge is 2.25. The van der Waals surface area contributed by atoms with Crippen molar-refractivity contribution in [2.24, 2.45) is 0 Å².